The first-order chi connectivity index (χ1) is 36.7. The molecule has 400 valence electrons. The van der Waals surface area contributed by atoms with Crippen LogP contribution in [0.2, 0.25) is 0 Å². The molecule has 2 aromatic carbocycles. The molecule has 4 N–H and O–H groups in total. The number of ether oxygens (including phenoxy) is 2. The predicted octanol–water partition coefficient (Wildman–Crippen LogP) is 16.7. The summed E-state index contributed by atoms with van der Waals surface area (Å²) < 4.78 is 12.5. The van der Waals surface area contributed by atoms with Crippen LogP contribution in [-0.4, -0.2) is 33.1 Å². The van der Waals surface area contributed by atoms with E-state index in [1.54, 1.807) is 0 Å². The van der Waals surface area contributed by atoms with Crippen molar-refractivity contribution in [3.8, 4) is 11.5 Å². The lowest BCUT2D eigenvalue weighted by Gasteiger charge is -2.10. The van der Waals surface area contributed by atoms with Crippen LogP contribution in [-0.2, 0) is 0 Å². The Kier molecular flexibility index (Phi) is 25.5. The Morgan fingerprint density at radius 2 is 0.581 bits per heavy atom. The smallest absolute Gasteiger partial charge is 0.119 e. The molecule has 4 aromatic heterocycles. The van der Waals surface area contributed by atoms with Crippen molar-refractivity contribution in [2.24, 2.45) is 0 Å². The Hall–Kier alpha value is -5.36. The van der Waals surface area contributed by atoms with Gasteiger partial charge in [0.15, 0.2) is 0 Å². The minimum Gasteiger partial charge on any atom is -0.494 e. The molecule has 1 aliphatic heterocycles. The average molecular weight is 1000 g/mol. The molecule has 0 amide bonds. The number of hydrogen-bond donors (Lipinski definition) is 4. The number of rotatable bonds is 38. The maximum Gasteiger partial charge on any atom is 0.119 e. The number of unbranched alkanes of at least 4 members (excludes halogenated alkanes) is 30. The number of nitrogens with one attached hydrogen (secondary N) is 4. The van der Waals surface area contributed by atoms with E-state index < -0.39 is 0 Å². The predicted molar refractivity (Wildman–Crippen MR) is 315 cm³/mol. The highest BCUT2D eigenvalue weighted by Gasteiger charge is 2.13. The van der Waals surface area contributed by atoms with Crippen LogP contribution >= 0.6 is 0 Å². The second-order valence-corrected chi connectivity index (χ2v) is 21.7. The second-order valence-electron chi connectivity index (χ2n) is 21.7. The van der Waals surface area contributed by atoms with Gasteiger partial charge in [0.25, 0.3) is 0 Å². The Labute approximate surface area is 447 Å². The highest BCUT2D eigenvalue weighted by atomic mass is 16.5. The highest BCUT2D eigenvalue weighted by molar-refractivity contribution is 5.79. The van der Waals surface area contributed by atoms with Gasteiger partial charge in [0.2, 0.25) is 0 Å². The summed E-state index contributed by atoms with van der Waals surface area (Å²) in [7, 11) is 0. The SMILES string of the molecule is CCCCCCCCCCCCCCCCCCOc1ccc(C2=c3ccc([nH]3)=Cc3ccc([nH]3)C(c3ccc(OCCCCCCCCCCCCCCCCCC)cc3)=c3ccc([nH]3)=Cc3ccc2[nH]3)cc1. The summed E-state index contributed by atoms with van der Waals surface area (Å²) in [5.74, 6) is 1.85. The maximum atomic E-state index is 6.25. The topological polar surface area (TPSA) is 81.6 Å². The van der Waals surface area contributed by atoms with E-state index in [2.05, 4.69) is 143 Å². The lowest BCUT2D eigenvalue weighted by Crippen LogP contribution is -2.15. The standard InChI is InChI=1S/C68H96N4O2/c1-3-5-7-9-11-13-15-17-19-21-23-25-27-29-31-33-51-73-61-43-35-55(36-44-61)67-63-47-39-57(69-63)53-59-41-49-65(71-59)68(66-50-42-60(72-66)54-58-40-48-64(67)70-58)56-37-45-62(46-38-56)74-52-34-32-30-28-26-24-22-20-18-16-14-12-10-8-6-4-2/h35-50,53-54,69-72H,3-34,51-52H2,1-2H3. The maximum absolute atomic E-state index is 6.25. The van der Waals surface area contributed by atoms with E-state index in [-0.39, 0.29) is 0 Å². The van der Waals surface area contributed by atoms with Gasteiger partial charge in [-0.15, -0.1) is 0 Å². The van der Waals surface area contributed by atoms with Gasteiger partial charge in [-0.1, -0.05) is 231 Å². The first-order valence-corrected chi connectivity index (χ1v) is 30.3. The summed E-state index contributed by atoms with van der Waals surface area (Å²) in [6.07, 6.45) is 48.4. The molecule has 7 rings (SSSR count). The van der Waals surface area contributed by atoms with E-state index in [1.165, 1.54) is 193 Å². The van der Waals surface area contributed by atoms with Crippen molar-refractivity contribution in [3.05, 3.63) is 152 Å². The van der Waals surface area contributed by atoms with Crippen LogP contribution in [0.3, 0.4) is 0 Å². The minimum atomic E-state index is 0.765. The van der Waals surface area contributed by atoms with Gasteiger partial charge < -0.3 is 29.4 Å². The third-order valence-electron chi connectivity index (χ3n) is 15.4. The number of aromatic nitrogens is 4. The van der Waals surface area contributed by atoms with Crippen molar-refractivity contribution >= 4 is 23.3 Å². The fourth-order valence-corrected chi connectivity index (χ4v) is 10.9. The largest absolute Gasteiger partial charge is 0.494 e. The molecule has 0 fully saturated rings. The van der Waals surface area contributed by atoms with Crippen molar-refractivity contribution in [1.29, 1.82) is 0 Å². The Bertz CT molecular complexity index is 2490. The highest BCUT2D eigenvalue weighted by Crippen LogP contribution is 2.26. The molecule has 0 unspecified atom stereocenters. The van der Waals surface area contributed by atoms with Gasteiger partial charge in [-0.25, -0.2) is 0 Å². The van der Waals surface area contributed by atoms with Crippen molar-refractivity contribution in [3.63, 3.8) is 0 Å². The van der Waals surface area contributed by atoms with E-state index in [0.717, 1.165) is 104 Å². The molecular weight excluding hydrogens is 905 g/mol. The van der Waals surface area contributed by atoms with Crippen molar-refractivity contribution in [1.82, 2.24) is 19.9 Å². The van der Waals surface area contributed by atoms with Gasteiger partial charge in [0, 0.05) is 55.3 Å². The van der Waals surface area contributed by atoms with Crippen LogP contribution in [0.4, 0.5) is 0 Å². The normalized spacial score (nSPS) is 12.3. The van der Waals surface area contributed by atoms with Gasteiger partial charge >= 0.3 is 0 Å². The quantitative estimate of drug-likeness (QED) is 0.0291. The van der Waals surface area contributed by atoms with Crippen LogP contribution < -0.4 is 30.9 Å². The van der Waals surface area contributed by atoms with E-state index in [0.29, 0.717) is 0 Å². The molecule has 74 heavy (non-hydrogen) atoms. The summed E-state index contributed by atoms with van der Waals surface area (Å²) in [4.78, 5) is 15.0. The molecule has 6 heteroatoms. The zero-order chi connectivity index (χ0) is 51.1. The van der Waals surface area contributed by atoms with E-state index in [1.807, 2.05) is 0 Å². The van der Waals surface area contributed by atoms with Gasteiger partial charge in [-0.2, -0.15) is 0 Å². The molecular formula is C68H96N4O2. The molecule has 6 aromatic rings. The summed E-state index contributed by atoms with van der Waals surface area (Å²) >= 11 is 0. The molecule has 0 saturated carbocycles. The lowest BCUT2D eigenvalue weighted by molar-refractivity contribution is 0.304. The molecule has 1 aliphatic rings. The van der Waals surface area contributed by atoms with Gasteiger partial charge in [-0.05, 0) is 109 Å². The van der Waals surface area contributed by atoms with Gasteiger partial charge in [0.05, 0.1) is 13.2 Å². The number of hydrogen-bond acceptors (Lipinski definition) is 2. The first-order valence-electron chi connectivity index (χ1n) is 30.3. The van der Waals surface area contributed by atoms with Crippen LogP contribution in [0.15, 0.2) is 97.1 Å². The summed E-state index contributed by atoms with van der Waals surface area (Å²) in [6.45, 7) is 6.13. The average Bonchev–Trinajstić information content (AvgIpc) is 4.27. The number of H-pyrrole nitrogens is 4. The number of fused-ring (bicyclic) bond motifs is 8. The number of benzene rings is 2. The molecule has 0 radical (unpaired) electrons. The molecule has 5 heterocycles. The lowest BCUT2D eigenvalue weighted by atomic mass is 10.0. The first kappa shape index (κ1) is 56.4. The molecule has 0 aliphatic carbocycles. The van der Waals surface area contributed by atoms with Crippen LogP contribution in [0.25, 0.3) is 23.3 Å². The van der Waals surface area contributed by atoms with Crippen LogP contribution in [0, 0.1) is 0 Å². The van der Waals surface area contributed by atoms with Crippen molar-refractivity contribution < 1.29 is 9.47 Å². The molecule has 0 spiro atoms. The van der Waals surface area contributed by atoms with E-state index >= 15 is 0 Å². The molecule has 6 nitrogen and oxygen atoms in total. The van der Waals surface area contributed by atoms with Gasteiger partial charge in [-0.3, -0.25) is 0 Å². The zero-order valence-electron chi connectivity index (χ0n) is 46.3. The summed E-state index contributed by atoms with van der Waals surface area (Å²) in [5.41, 5.74) is 8.66. The third kappa shape index (κ3) is 19.7. The van der Waals surface area contributed by atoms with E-state index in [4.69, 9.17) is 9.47 Å². The second kappa shape index (κ2) is 33.5. The Balaban J connectivity index is 0.877. The Morgan fingerprint density at radius 1 is 0.284 bits per heavy atom. The van der Waals surface area contributed by atoms with Crippen LogP contribution in [0.1, 0.15) is 253 Å². The zero-order valence-corrected chi connectivity index (χ0v) is 46.3. The summed E-state index contributed by atoms with van der Waals surface area (Å²) in [5, 5.41) is 4.17. The Morgan fingerprint density at radius 3 is 0.892 bits per heavy atom. The van der Waals surface area contributed by atoms with Gasteiger partial charge in [0.1, 0.15) is 11.5 Å². The third-order valence-corrected chi connectivity index (χ3v) is 15.4. The monoisotopic (exact) mass is 1000 g/mol. The van der Waals surface area contributed by atoms with Crippen LogP contribution in [0.5, 0.6) is 11.5 Å². The van der Waals surface area contributed by atoms with Crippen molar-refractivity contribution in [2.75, 3.05) is 13.2 Å². The number of aromatic amines is 4. The molecule has 0 atom stereocenters. The van der Waals surface area contributed by atoms with E-state index in [9.17, 15) is 0 Å². The fourth-order valence-electron chi connectivity index (χ4n) is 10.9. The minimum absolute atomic E-state index is 0.765. The molecule has 0 saturated heterocycles. The molecule has 8 bridgehead atoms. The fraction of sp³-hybridized carbons (Fsp3) is 0.529. The van der Waals surface area contributed by atoms with Crippen molar-refractivity contribution in [2.45, 2.75) is 219 Å². The summed E-state index contributed by atoms with van der Waals surface area (Å²) in [6, 6.07) is 34.7.